The fourth-order valence-corrected chi connectivity index (χ4v) is 3.64. The molecule has 0 aromatic heterocycles. The summed E-state index contributed by atoms with van der Waals surface area (Å²) in [5.41, 5.74) is 2.58. The second-order valence-corrected chi connectivity index (χ2v) is 8.17. The van der Waals surface area contributed by atoms with Crippen LogP contribution < -0.4 is 15.5 Å². The standard InChI is InChI=1S/C22H17BrN4O3S/c1-12-6-7-17(8-13(12)2)27-21(30)18(20(29)26-22(27)31)9-14(11-24)19(28)25-16-5-3-4-15(23)10-16/h3-10,18H,1-2H3,(H,25,28)(H,26,29,31)/b14-9+/t18-/m1/s1. The first kappa shape index (κ1) is 22.3. The summed E-state index contributed by atoms with van der Waals surface area (Å²) in [4.78, 5) is 39.3. The van der Waals surface area contributed by atoms with Gasteiger partial charge >= 0.3 is 0 Å². The number of halogens is 1. The molecule has 0 unspecified atom stereocenters. The van der Waals surface area contributed by atoms with Gasteiger partial charge in [-0.1, -0.05) is 28.1 Å². The highest BCUT2D eigenvalue weighted by Crippen LogP contribution is 2.25. The quantitative estimate of drug-likeness (QED) is 0.291. The number of carbonyl (C=O) groups excluding carboxylic acids is 3. The van der Waals surface area contributed by atoms with Crippen LogP contribution in [0, 0.1) is 31.1 Å². The van der Waals surface area contributed by atoms with Gasteiger partial charge in [0.2, 0.25) is 11.8 Å². The molecule has 9 heteroatoms. The topological polar surface area (TPSA) is 102 Å². The first-order valence-corrected chi connectivity index (χ1v) is 10.4. The second-order valence-electron chi connectivity index (χ2n) is 6.87. The van der Waals surface area contributed by atoms with E-state index in [1.165, 1.54) is 4.90 Å². The number of aryl methyl sites for hydroxylation is 2. The molecule has 0 spiro atoms. The van der Waals surface area contributed by atoms with Crippen molar-refractivity contribution >= 4 is 62.4 Å². The molecule has 31 heavy (non-hydrogen) atoms. The van der Waals surface area contributed by atoms with Crippen LogP contribution in [0.4, 0.5) is 11.4 Å². The number of hydrogen-bond acceptors (Lipinski definition) is 5. The fraction of sp³-hybridized carbons (Fsp3) is 0.136. The van der Waals surface area contributed by atoms with Crippen molar-refractivity contribution in [3.63, 3.8) is 0 Å². The van der Waals surface area contributed by atoms with Gasteiger partial charge in [0, 0.05) is 10.2 Å². The van der Waals surface area contributed by atoms with Crippen LogP contribution in [0.1, 0.15) is 11.1 Å². The molecule has 2 aromatic rings. The van der Waals surface area contributed by atoms with Crippen LogP contribution in [0.2, 0.25) is 0 Å². The van der Waals surface area contributed by atoms with E-state index in [1.54, 1.807) is 42.5 Å². The maximum absolute atomic E-state index is 13.1. The van der Waals surface area contributed by atoms with Crippen molar-refractivity contribution in [2.75, 3.05) is 10.2 Å². The molecule has 2 N–H and O–H groups in total. The largest absolute Gasteiger partial charge is 0.321 e. The van der Waals surface area contributed by atoms with E-state index in [9.17, 15) is 19.6 Å². The summed E-state index contributed by atoms with van der Waals surface area (Å²) in [7, 11) is 0. The molecule has 7 nitrogen and oxygen atoms in total. The normalized spacial score (nSPS) is 16.6. The number of amides is 3. The van der Waals surface area contributed by atoms with Gasteiger partial charge in [-0.05, 0) is 73.6 Å². The molecule has 0 aliphatic carbocycles. The van der Waals surface area contributed by atoms with Gasteiger partial charge < -0.3 is 10.6 Å². The van der Waals surface area contributed by atoms with Crippen molar-refractivity contribution in [1.82, 2.24) is 5.32 Å². The summed E-state index contributed by atoms with van der Waals surface area (Å²) in [5, 5.41) is 14.5. The molecule has 1 aliphatic heterocycles. The van der Waals surface area contributed by atoms with Gasteiger partial charge in [0.1, 0.15) is 17.6 Å². The van der Waals surface area contributed by atoms with Gasteiger partial charge in [-0.25, -0.2) is 0 Å². The lowest BCUT2D eigenvalue weighted by Gasteiger charge is -2.31. The molecule has 1 atom stereocenters. The van der Waals surface area contributed by atoms with Gasteiger partial charge in [0.05, 0.1) is 5.69 Å². The maximum atomic E-state index is 13.1. The lowest BCUT2D eigenvalue weighted by atomic mass is 10.00. The van der Waals surface area contributed by atoms with E-state index in [0.717, 1.165) is 21.7 Å². The summed E-state index contributed by atoms with van der Waals surface area (Å²) in [5.74, 6) is -3.44. The fourth-order valence-electron chi connectivity index (χ4n) is 2.94. The predicted molar refractivity (Wildman–Crippen MR) is 124 cm³/mol. The molecule has 2 aromatic carbocycles. The summed E-state index contributed by atoms with van der Waals surface area (Å²) >= 11 is 8.49. The Hall–Kier alpha value is -3.35. The number of anilines is 2. The Balaban J connectivity index is 1.90. The van der Waals surface area contributed by atoms with E-state index in [-0.39, 0.29) is 10.7 Å². The Morgan fingerprint density at radius 2 is 1.97 bits per heavy atom. The van der Waals surface area contributed by atoms with Crippen LogP contribution in [-0.2, 0) is 14.4 Å². The Kier molecular flexibility index (Phi) is 6.63. The molecule has 1 aliphatic rings. The minimum absolute atomic E-state index is 0.0556. The number of thiocarbonyl (C=S) groups is 1. The molecule has 0 saturated carbocycles. The molecular formula is C22H17BrN4O3S. The summed E-state index contributed by atoms with van der Waals surface area (Å²) in [6.07, 6.45) is 1.06. The van der Waals surface area contributed by atoms with E-state index in [1.807, 2.05) is 19.9 Å². The Labute approximate surface area is 192 Å². The minimum atomic E-state index is -1.38. The first-order valence-electron chi connectivity index (χ1n) is 9.16. The maximum Gasteiger partial charge on any atom is 0.266 e. The van der Waals surface area contributed by atoms with Crippen LogP contribution in [0.25, 0.3) is 0 Å². The van der Waals surface area contributed by atoms with Crippen LogP contribution in [0.5, 0.6) is 0 Å². The van der Waals surface area contributed by atoms with Gasteiger partial charge in [0.25, 0.3) is 5.91 Å². The number of nitrogens with one attached hydrogen (secondary N) is 2. The Morgan fingerprint density at radius 1 is 1.23 bits per heavy atom. The zero-order chi connectivity index (χ0) is 22.7. The third-order valence-electron chi connectivity index (χ3n) is 4.73. The third-order valence-corrected chi connectivity index (χ3v) is 5.51. The lowest BCUT2D eigenvalue weighted by molar-refractivity contribution is -0.131. The Morgan fingerprint density at radius 3 is 2.61 bits per heavy atom. The first-order chi connectivity index (χ1) is 14.7. The molecule has 0 bridgehead atoms. The number of nitrogens with zero attached hydrogens (tertiary/aromatic N) is 2. The van der Waals surface area contributed by atoms with Gasteiger partial charge in [0.15, 0.2) is 5.11 Å². The zero-order valence-corrected chi connectivity index (χ0v) is 19.0. The van der Waals surface area contributed by atoms with Crippen LogP contribution in [0.3, 0.4) is 0 Å². The van der Waals surface area contributed by atoms with Crippen molar-refractivity contribution in [1.29, 1.82) is 5.26 Å². The van der Waals surface area contributed by atoms with E-state index in [2.05, 4.69) is 26.6 Å². The minimum Gasteiger partial charge on any atom is -0.321 e. The van der Waals surface area contributed by atoms with Crippen molar-refractivity contribution in [3.8, 4) is 6.07 Å². The SMILES string of the molecule is Cc1ccc(N2C(=O)[C@H](/C=C(\C#N)C(=O)Nc3cccc(Br)c3)C(=O)NC2=S)cc1C. The van der Waals surface area contributed by atoms with Crippen molar-refractivity contribution < 1.29 is 14.4 Å². The van der Waals surface area contributed by atoms with E-state index >= 15 is 0 Å². The van der Waals surface area contributed by atoms with E-state index in [4.69, 9.17) is 12.2 Å². The lowest BCUT2D eigenvalue weighted by Crippen LogP contribution is -2.57. The Bertz CT molecular complexity index is 1190. The number of rotatable bonds is 4. The number of nitriles is 1. The number of benzene rings is 2. The highest BCUT2D eigenvalue weighted by molar-refractivity contribution is 9.10. The van der Waals surface area contributed by atoms with Crippen molar-refractivity contribution in [2.24, 2.45) is 5.92 Å². The predicted octanol–water partition coefficient (Wildman–Crippen LogP) is 3.52. The average molecular weight is 497 g/mol. The van der Waals surface area contributed by atoms with Crippen molar-refractivity contribution in [2.45, 2.75) is 13.8 Å². The van der Waals surface area contributed by atoms with E-state index < -0.39 is 23.6 Å². The van der Waals surface area contributed by atoms with Crippen LogP contribution in [-0.4, -0.2) is 22.8 Å². The molecule has 1 fully saturated rings. The summed E-state index contributed by atoms with van der Waals surface area (Å²) in [6, 6.07) is 13.9. The van der Waals surface area contributed by atoms with Gasteiger partial charge in [-0.15, -0.1) is 0 Å². The molecule has 3 rings (SSSR count). The monoisotopic (exact) mass is 496 g/mol. The third kappa shape index (κ3) is 4.87. The highest BCUT2D eigenvalue weighted by atomic mass is 79.9. The van der Waals surface area contributed by atoms with Gasteiger partial charge in [-0.2, -0.15) is 5.26 Å². The molecule has 3 amide bonds. The molecule has 1 saturated heterocycles. The average Bonchev–Trinajstić information content (AvgIpc) is 2.70. The molecule has 0 radical (unpaired) electrons. The van der Waals surface area contributed by atoms with Gasteiger partial charge in [-0.3, -0.25) is 19.3 Å². The van der Waals surface area contributed by atoms with Crippen LogP contribution >= 0.6 is 28.1 Å². The second kappa shape index (κ2) is 9.20. The summed E-state index contributed by atoms with van der Waals surface area (Å²) in [6.45, 7) is 3.83. The zero-order valence-electron chi connectivity index (χ0n) is 16.6. The summed E-state index contributed by atoms with van der Waals surface area (Å²) < 4.78 is 0.743. The molecule has 156 valence electrons. The number of hydrogen-bond donors (Lipinski definition) is 2. The molecule has 1 heterocycles. The molecular weight excluding hydrogens is 480 g/mol. The van der Waals surface area contributed by atoms with Crippen molar-refractivity contribution in [3.05, 3.63) is 69.7 Å². The number of carbonyl (C=O) groups is 3. The van der Waals surface area contributed by atoms with E-state index in [0.29, 0.717) is 11.4 Å². The smallest absolute Gasteiger partial charge is 0.266 e. The van der Waals surface area contributed by atoms with Crippen LogP contribution in [0.15, 0.2) is 58.6 Å². The highest BCUT2D eigenvalue weighted by Gasteiger charge is 2.39.